The summed E-state index contributed by atoms with van der Waals surface area (Å²) in [5.74, 6) is -1.54. The lowest BCUT2D eigenvalue weighted by Crippen LogP contribution is -2.45. The standard InChI is InChI=1S/C14H19FN2O4/c1-21-8-4-7-12(13(18)19)17-14(20)16-9-10-5-2-3-6-11(10)15/h2-3,5-6,12H,4,7-9H2,1H3,(H,18,19)(H2,16,17,20). The molecule has 1 unspecified atom stereocenters. The highest BCUT2D eigenvalue weighted by Gasteiger charge is 2.19. The zero-order valence-electron chi connectivity index (χ0n) is 11.8. The molecule has 1 atom stereocenters. The van der Waals surface area contributed by atoms with Crippen molar-refractivity contribution in [2.75, 3.05) is 13.7 Å². The zero-order valence-corrected chi connectivity index (χ0v) is 11.8. The zero-order chi connectivity index (χ0) is 15.7. The lowest BCUT2D eigenvalue weighted by atomic mass is 10.1. The fourth-order valence-electron chi connectivity index (χ4n) is 1.72. The van der Waals surface area contributed by atoms with Crippen molar-refractivity contribution < 1.29 is 23.8 Å². The second-order valence-electron chi connectivity index (χ2n) is 4.44. The number of carboxylic acid groups (broad SMARTS) is 1. The Morgan fingerprint density at radius 3 is 2.71 bits per heavy atom. The number of urea groups is 1. The molecule has 3 N–H and O–H groups in total. The van der Waals surface area contributed by atoms with Crippen molar-refractivity contribution in [3.8, 4) is 0 Å². The molecule has 21 heavy (non-hydrogen) atoms. The Morgan fingerprint density at radius 2 is 2.10 bits per heavy atom. The number of nitrogens with one attached hydrogen (secondary N) is 2. The van der Waals surface area contributed by atoms with Crippen LogP contribution in [-0.4, -0.2) is 36.9 Å². The smallest absolute Gasteiger partial charge is 0.326 e. The van der Waals surface area contributed by atoms with Crippen LogP contribution in [0.1, 0.15) is 18.4 Å². The number of benzene rings is 1. The van der Waals surface area contributed by atoms with Gasteiger partial charge in [0.15, 0.2) is 0 Å². The summed E-state index contributed by atoms with van der Waals surface area (Å²) in [6.07, 6.45) is 0.775. The average Bonchev–Trinajstić information content (AvgIpc) is 2.45. The molecule has 2 amide bonds. The van der Waals surface area contributed by atoms with Gasteiger partial charge in [-0.1, -0.05) is 18.2 Å². The molecule has 1 aromatic rings. The van der Waals surface area contributed by atoms with Gasteiger partial charge in [0.25, 0.3) is 0 Å². The van der Waals surface area contributed by atoms with E-state index >= 15 is 0 Å². The molecule has 1 aromatic carbocycles. The highest BCUT2D eigenvalue weighted by molar-refractivity contribution is 5.82. The van der Waals surface area contributed by atoms with Crippen molar-refractivity contribution in [1.82, 2.24) is 10.6 Å². The van der Waals surface area contributed by atoms with E-state index in [9.17, 15) is 14.0 Å². The van der Waals surface area contributed by atoms with E-state index in [1.165, 1.54) is 13.2 Å². The molecule has 1 rings (SSSR count). The molecule has 0 saturated heterocycles. The normalized spacial score (nSPS) is 11.7. The van der Waals surface area contributed by atoms with Crippen LogP contribution in [0.4, 0.5) is 9.18 Å². The third-order valence-corrected chi connectivity index (χ3v) is 2.84. The molecule has 116 valence electrons. The van der Waals surface area contributed by atoms with E-state index in [1.807, 2.05) is 0 Å². The predicted molar refractivity (Wildman–Crippen MR) is 74.3 cm³/mol. The van der Waals surface area contributed by atoms with Gasteiger partial charge in [-0.15, -0.1) is 0 Å². The maximum absolute atomic E-state index is 13.4. The minimum atomic E-state index is -1.12. The number of carboxylic acids is 1. The van der Waals surface area contributed by atoms with Gasteiger partial charge in [0.05, 0.1) is 0 Å². The topological polar surface area (TPSA) is 87.7 Å². The summed E-state index contributed by atoms with van der Waals surface area (Å²) in [7, 11) is 1.52. The largest absolute Gasteiger partial charge is 0.480 e. The lowest BCUT2D eigenvalue weighted by Gasteiger charge is -2.15. The first kappa shape index (κ1) is 16.9. The van der Waals surface area contributed by atoms with E-state index in [1.54, 1.807) is 18.2 Å². The molecular weight excluding hydrogens is 279 g/mol. The summed E-state index contributed by atoms with van der Waals surface area (Å²) in [5, 5.41) is 13.8. The Labute approximate surface area is 122 Å². The van der Waals surface area contributed by atoms with Gasteiger partial charge in [-0.2, -0.15) is 0 Å². The van der Waals surface area contributed by atoms with Crippen LogP contribution in [0, 0.1) is 5.82 Å². The first-order valence-corrected chi connectivity index (χ1v) is 6.54. The summed E-state index contributed by atoms with van der Waals surface area (Å²) in [6, 6.07) is 4.39. The molecule has 0 aliphatic heterocycles. The minimum absolute atomic E-state index is 0.0110. The van der Waals surface area contributed by atoms with Gasteiger partial charge in [-0.05, 0) is 18.9 Å². The second-order valence-corrected chi connectivity index (χ2v) is 4.44. The van der Waals surface area contributed by atoms with Gasteiger partial charge in [0, 0.05) is 25.8 Å². The number of rotatable bonds is 8. The molecule has 0 heterocycles. The Morgan fingerprint density at radius 1 is 1.38 bits per heavy atom. The maximum atomic E-state index is 13.4. The fraction of sp³-hybridized carbons (Fsp3) is 0.429. The van der Waals surface area contributed by atoms with Crippen molar-refractivity contribution in [2.24, 2.45) is 0 Å². The number of aliphatic carboxylic acids is 1. The lowest BCUT2D eigenvalue weighted by molar-refractivity contribution is -0.139. The van der Waals surface area contributed by atoms with E-state index in [2.05, 4.69) is 10.6 Å². The van der Waals surface area contributed by atoms with Gasteiger partial charge in [-0.3, -0.25) is 0 Å². The van der Waals surface area contributed by atoms with Gasteiger partial charge >= 0.3 is 12.0 Å². The molecule has 0 radical (unpaired) electrons. The van der Waals surface area contributed by atoms with Crippen molar-refractivity contribution >= 4 is 12.0 Å². The number of carbonyl (C=O) groups is 2. The summed E-state index contributed by atoms with van der Waals surface area (Å²) in [6.45, 7) is 0.408. The molecule has 0 aliphatic rings. The van der Waals surface area contributed by atoms with Crippen LogP contribution in [0.5, 0.6) is 0 Å². The number of halogens is 1. The monoisotopic (exact) mass is 298 g/mol. The van der Waals surface area contributed by atoms with E-state index in [0.29, 0.717) is 18.6 Å². The second kappa shape index (κ2) is 8.91. The van der Waals surface area contributed by atoms with Crippen molar-refractivity contribution in [1.29, 1.82) is 0 Å². The summed E-state index contributed by atoms with van der Waals surface area (Å²) in [4.78, 5) is 22.7. The third kappa shape index (κ3) is 6.22. The maximum Gasteiger partial charge on any atom is 0.326 e. The van der Waals surface area contributed by atoms with E-state index < -0.39 is 23.9 Å². The molecule has 0 aromatic heterocycles. The van der Waals surface area contributed by atoms with E-state index in [-0.39, 0.29) is 13.0 Å². The summed E-state index contributed by atoms with van der Waals surface area (Å²) < 4.78 is 18.2. The van der Waals surface area contributed by atoms with Crippen LogP contribution >= 0.6 is 0 Å². The molecule has 6 nitrogen and oxygen atoms in total. The molecule has 7 heteroatoms. The number of amides is 2. The molecule has 0 spiro atoms. The van der Waals surface area contributed by atoms with Crippen molar-refractivity contribution in [3.63, 3.8) is 0 Å². The van der Waals surface area contributed by atoms with Crippen LogP contribution in [0.2, 0.25) is 0 Å². The highest BCUT2D eigenvalue weighted by Crippen LogP contribution is 2.05. The van der Waals surface area contributed by atoms with Crippen LogP contribution in [0.25, 0.3) is 0 Å². The summed E-state index contributed by atoms with van der Waals surface area (Å²) >= 11 is 0. The number of ether oxygens (including phenoxy) is 1. The highest BCUT2D eigenvalue weighted by atomic mass is 19.1. The van der Waals surface area contributed by atoms with Gasteiger partial charge < -0.3 is 20.5 Å². The quantitative estimate of drug-likeness (QED) is 0.635. The van der Waals surface area contributed by atoms with Crippen molar-refractivity contribution in [2.45, 2.75) is 25.4 Å². The van der Waals surface area contributed by atoms with Gasteiger partial charge in [0.1, 0.15) is 11.9 Å². The van der Waals surface area contributed by atoms with Crippen LogP contribution in [0.15, 0.2) is 24.3 Å². The average molecular weight is 298 g/mol. The van der Waals surface area contributed by atoms with E-state index in [0.717, 1.165) is 0 Å². The number of hydrogen-bond acceptors (Lipinski definition) is 3. The van der Waals surface area contributed by atoms with Gasteiger partial charge in [0.2, 0.25) is 0 Å². The molecule has 0 saturated carbocycles. The number of carbonyl (C=O) groups excluding carboxylic acids is 1. The van der Waals surface area contributed by atoms with Crippen LogP contribution < -0.4 is 10.6 Å². The SMILES string of the molecule is COCCCC(NC(=O)NCc1ccccc1F)C(=O)O. The number of hydrogen-bond donors (Lipinski definition) is 3. The first-order chi connectivity index (χ1) is 10.0. The molecule has 0 fully saturated rings. The Hall–Kier alpha value is -2.15. The van der Waals surface area contributed by atoms with Crippen molar-refractivity contribution in [3.05, 3.63) is 35.6 Å². The molecular formula is C14H19FN2O4. The summed E-state index contributed by atoms with van der Waals surface area (Å²) in [5.41, 5.74) is 0.332. The van der Waals surface area contributed by atoms with Crippen LogP contribution in [0.3, 0.4) is 0 Å². The van der Waals surface area contributed by atoms with E-state index in [4.69, 9.17) is 9.84 Å². The number of methoxy groups -OCH3 is 1. The fourth-order valence-corrected chi connectivity index (χ4v) is 1.72. The Balaban J connectivity index is 2.43. The third-order valence-electron chi connectivity index (χ3n) is 2.84. The Kier molecular flexibility index (Phi) is 7.17. The first-order valence-electron chi connectivity index (χ1n) is 6.54. The molecule has 0 aliphatic carbocycles. The van der Waals surface area contributed by atoms with Crippen LogP contribution in [-0.2, 0) is 16.1 Å². The Bertz CT molecular complexity index is 482. The minimum Gasteiger partial charge on any atom is -0.480 e. The van der Waals surface area contributed by atoms with Gasteiger partial charge in [-0.25, -0.2) is 14.0 Å². The molecule has 0 bridgehead atoms. The predicted octanol–water partition coefficient (Wildman–Crippen LogP) is 1.50.